The molecule has 4 atom stereocenters. The van der Waals surface area contributed by atoms with Gasteiger partial charge >= 0.3 is 0 Å². The summed E-state index contributed by atoms with van der Waals surface area (Å²) in [5, 5.41) is -0.680. The van der Waals surface area contributed by atoms with E-state index in [0.717, 1.165) is 37.7 Å². The highest BCUT2D eigenvalue weighted by Gasteiger charge is 2.52. The van der Waals surface area contributed by atoms with Gasteiger partial charge in [-0.1, -0.05) is 45.3 Å². The second-order valence-corrected chi connectivity index (χ2v) is 12.1. The first-order valence-electron chi connectivity index (χ1n) is 11.2. The average molecular weight is 423 g/mol. The van der Waals surface area contributed by atoms with Crippen LogP contribution in [0.2, 0.25) is 0 Å². The van der Waals surface area contributed by atoms with Crippen molar-refractivity contribution in [1.82, 2.24) is 0 Å². The first kappa shape index (κ1) is 22.6. The summed E-state index contributed by atoms with van der Waals surface area (Å²) in [6.07, 6.45) is 14.0. The van der Waals surface area contributed by atoms with E-state index in [-0.39, 0.29) is 16.7 Å². The topological polar surface area (TPSA) is 67.5 Å². The van der Waals surface area contributed by atoms with Crippen LogP contribution < -0.4 is 0 Å². The summed E-state index contributed by atoms with van der Waals surface area (Å²) in [5.74, 6) is 0.794. The lowest BCUT2D eigenvalue weighted by molar-refractivity contribution is -0.0395. The van der Waals surface area contributed by atoms with Crippen molar-refractivity contribution in [2.45, 2.75) is 90.7 Å². The number of aryl methyl sites for hydroxylation is 1. The van der Waals surface area contributed by atoms with Crippen molar-refractivity contribution in [3.8, 4) is 0 Å². The molecule has 1 fully saturated rings. The largest absolute Gasteiger partial charge is 0.472 e. The van der Waals surface area contributed by atoms with E-state index in [9.17, 15) is 13.0 Å². The van der Waals surface area contributed by atoms with Crippen LogP contribution in [0.25, 0.3) is 0 Å². The van der Waals surface area contributed by atoms with Crippen LogP contribution in [-0.4, -0.2) is 18.2 Å². The monoisotopic (exact) mass is 422 g/mol. The third-order valence-corrected chi connectivity index (χ3v) is 9.31. The Morgan fingerprint density at radius 2 is 2.00 bits per heavy atom. The second-order valence-electron chi connectivity index (χ2n) is 10.4. The summed E-state index contributed by atoms with van der Waals surface area (Å²) in [6.45, 7) is 9.28. The van der Waals surface area contributed by atoms with Gasteiger partial charge in [0.2, 0.25) is 0 Å². The Hall–Kier alpha value is -1.07. The zero-order valence-corrected chi connectivity index (χ0v) is 19.3. The summed E-state index contributed by atoms with van der Waals surface area (Å²) in [7, 11) is -4.06. The van der Waals surface area contributed by atoms with Gasteiger partial charge in [-0.25, -0.2) is 0 Å². The number of unbranched alkanes of at least 4 members (excludes halogenated alkanes) is 1. The van der Waals surface area contributed by atoms with Crippen LogP contribution in [0, 0.1) is 22.7 Å². The lowest BCUT2D eigenvalue weighted by Gasteiger charge is -2.57. The molecule has 1 heterocycles. The second kappa shape index (κ2) is 8.58. The third-order valence-electron chi connectivity index (χ3n) is 8.04. The molecule has 29 heavy (non-hydrogen) atoms. The molecular formula is C24H38O4S. The maximum Gasteiger partial charge on any atom is 0.267 e. The van der Waals surface area contributed by atoms with E-state index in [1.54, 1.807) is 12.5 Å². The Morgan fingerprint density at radius 3 is 2.66 bits per heavy atom. The molecule has 1 saturated carbocycles. The van der Waals surface area contributed by atoms with Crippen molar-refractivity contribution in [2.24, 2.45) is 22.7 Å². The number of furan rings is 1. The average Bonchev–Trinajstić information content (AvgIpc) is 3.11. The van der Waals surface area contributed by atoms with Crippen molar-refractivity contribution in [1.29, 1.82) is 0 Å². The van der Waals surface area contributed by atoms with Crippen molar-refractivity contribution in [3.63, 3.8) is 0 Å². The van der Waals surface area contributed by atoms with E-state index in [2.05, 4.69) is 33.8 Å². The SMILES string of the molecule is CC1=CC[C@H]2C(C)(C)CCC[C@]2(C)[C@H]1CC(CCCCc1ccoc1)S(=O)(=O)O. The molecule has 0 radical (unpaired) electrons. The summed E-state index contributed by atoms with van der Waals surface area (Å²) in [6, 6.07) is 1.95. The van der Waals surface area contributed by atoms with Gasteiger partial charge in [-0.15, -0.1) is 0 Å². The molecule has 0 saturated heterocycles. The minimum Gasteiger partial charge on any atom is -0.472 e. The minimum atomic E-state index is -4.06. The molecular weight excluding hydrogens is 384 g/mol. The summed E-state index contributed by atoms with van der Waals surface area (Å²) in [5.41, 5.74) is 2.84. The molecule has 1 unspecified atom stereocenters. The van der Waals surface area contributed by atoms with Crippen LogP contribution >= 0.6 is 0 Å². The fourth-order valence-corrected chi connectivity index (χ4v) is 7.28. The van der Waals surface area contributed by atoms with E-state index in [1.165, 1.54) is 18.4 Å². The van der Waals surface area contributed by atoms with Crippen LogP contribution in [0.15, 0.2) is 34.7 Å². The lowest BCUT2D eigenvalue weighted by Crippen LogP contribution is -2.49. The number of allylic oxidation sites excluding steroid dienone is 2. The number of rotatable bonds is 8. The molecule has 5 heteroatoms. The lowest BCUT2D eigenvalue weighted by atomic mass is 9.48. The van der Waals surface area contributed by atoms with Crippen molar-refractivity contribution >= 4 is 10.1 Å². The predicted molar refractivity (Wildman–Crippen MR) is 117 cm³/mol. The van der Waals surface area contributed by atoms with Crippen LogP contribution in [0.3, 0.4) is 0 Å². The molecule has 0 spiro atoms. The van der Waals surface area contributed by atoms with E-state index in [4.69, 9.17) is 4.42 Å². The van der Waals surface area contributed by atoms with Crippen LogP contribution in [0.5, 0.6) is 0 Å². The molecule has 3 rings (SSSR count). The maximum absolute atomic E-state index is 12.2. The molecule has 2 aliphatic carbocycles. The first-order valence-corrected chi connectivity index (χ1v) is 12.7. The molecule has 1 N–H and O–H groups in total. The fraction of sp³-hybridized carbons (Fsp3) is 0.750. The van der Waals surface area contributed by atoms with Crippen LogP contribution in [0.1, 0.15) is 84.6 Å². The molecule has 2 aliphatic rings. The Labute approximate surface area is 176 Å². The van der Waals surface area contributed by atoms with Crippen LogP contribution in [-0.2, 0) is 16.5 Å². The van der Waals surface area contributed by atoms with Gasteiger partial charge in [-0.3, -0.25) is 4.55 Å². The number of fused-ring (bicyclic) bond motifs is 1. The zero-order chi connectivity index (χ0) is 21.3. The van der Waals surface area contributed by atoms with Gasteiger partial charge in [-0.2, -0.15) is 8.42 Å². The Morgan fingerprint density at radius 1 is 1.24 bits per heavy atom. The minimum absolute atomic E-state index is 0.111. The molecule has 0 aliphatic heterocycles. The van der Waals surface area contributed by atoms with Gasteiger partial charge in [0.05, 0.1) is 17.8 Å². The molecule has 1 aromatic rings. The standard InChI is InChI=1S/C24H38O4S/c1-18-10-11-22-23(2,3)13-7-14-24(22,4)21(18)16-20(29(25,26)27)9-6-5-8-19-12-15-28-17-19/h10,12,15,17,20-22H,5-9,11,13-14,16H2,1-4H3,(H,25,26,27)/t20?,21-,22-,24+/m0/s1. The zero-order valence-electron chi connectivity index (χ0n) is 18.5. The van der Waals surface area contributed by atoms with Crippen molar-refractivity contribution in [2.75, 3.05) is 0 Å². The number of hydrogen-bond donors (Lipinski definition) is 1. The van der Waals surface area contributed by atoms with Crippen molar-refractivity contribution in [3.05, 3.63) is 35.8 Å². The highest BCUT2D eigenvalue weighted by molar-refractivity contribution is 7.86. The highest BCUT2D eigenvalue weighted by atomic mass is 32.2. The Balaban J connectivity index is 1.72. The van der Waals surface area contributed by atoms with E-state index in [0.29, 0.717) is 18.8 Å². The maximum atomic E-state index is 12.2. The van der Waals surface area contributed by atoms with E-state index >= 15 is 0 Å². The van der Waals surface area contributed by atoms with Crippen molar-refractivity contribution < 1.29 is 17.4 Å². The highest BCUT2D eigenvalue weighted by Crippen LogP contribution is 2.60. The van der Waals surface area contributed by atoms with Gasteiger partial charge in [0, 0.05) is 0 Å². The predicted octanol–water partition coefficient (Wildman–Crippen LogP) is 6.44. The quantitative estimate of drug-likeness (QED) is 0.297. The number of hydrogen-bond acceptors (Lipinski definition) is 3. The normalized spacial score (nSPS) is 30.4. The molecule has 4 nitrogen and oxygen atoms in total. The molecule has 164 valence electrons. The molecule has 0 bridgehead atoms. The van der Waals surface area contributed by atoms with Crippen LogP contribution in [0.4, 0.5) is 0 Å². The molecule has 0 aromatic carbocycles. The van der Waals surface area contributed by atoms with Gasteiger partial charge in [-0.05, 0) is 86.2 Å². The van der Waals surface area contributed by atoms with E-state index in [1.807, 2.05) is 6.07 Å². The third kappa shape index (κ3) is 4.99. The van der Waals surface area contributed by atoms with E-state index < -0.39 is 15.4 Å². The summed E-state index contributed by atoms with van der Waals surface area (Å²) < 4.78 is 39.6. The van der Waals surface area contributed by atoms with Gasteiger partial charge < -0.3 is 4.42 Å². The Bertz CT molecular complexity index is 806. The smallest absolute Gasteiger partial charge is 0.267 e. The summed E-state index contributed by atoms with van der Waals surface area (Å²) in [4.78, 5) is 0. The fourth-order valence-electron chi connectivity index (χ4n) is 6.38. The van der Waals surface area contributed by atoms with Gasteiger partial charge in [0.25, 0.3) is 10.1 Å². The summed E-state index contributed by atoms with van der Waals surface area (Å²) >= 11 is 0. The molecule has 0 amide bonds. The van der Waals surface area contributed by atoms with Gasteiger partial charge in [0.1, 0.15) is 0 Å². The first-order chi connectivity index (χ1) is 13.5. The molecule has 1 aromatic heterocycles. The Kier molecular flexibility index (Phi) is 6.69. The van der Waals surface area contributed by atoms with Gasteiger partial charge in [0.15, 0.2) is 0 Å².